The third kappa shape index (κ3) is 2.24. The molecule has 1 N–H and O–H groups in total. The van der Waals surface area contributed by atoms with Gasteiger partial charge in [-0.2, -0.15) is 5.10 Å². The van der Waals surface area contributed by atoms with E-state index in [0.29, 0.717) is 0 Å². The van der Waals surface area contributed by atoms with Crippen molar-refractivity contribution in [3.05, 3.63) is 52.8 Å². The predicted molar refractivity (Wildman–Crippen MR) is 70.0 cm³/mol. The molecule has 2 rings (SSSR count). The number of rotatable bonds is 3. The summed E-state index contributed by atoms with van der Waals surface area (Å²) in [5, 5.41) is 7.62. The Bertz CT molecular complexity index is 494. The highest BCUT2D eigenvalue weighted by Gasteiger charge is 2.17. The fourth-order valence-electron chi connectivity index (χ4n) is 2.35. The zero-order chi connectivity index (χ0) is 12.4. The van der Waals surface area contributed by atoms with Gasteiger partial charge in [-0.25, -0.2) is 0 Å². The monoisotopic (exact) mass is 229 g/mol. The second-order valence-corrected chi connectivity index (χ2v) is 4.47. The zero-order valence-electron chi connectivity index (χ0n) is 10.9. The summed E-state index contributed by atoms with van der Waals surface area (Å²) in [5.41, 5.74) is 5.18. The van der Waals surface area contributed by atoms with E-state index in [0.717, 1.165) is 0 Å². The average Bonchev–Trinajstić information content (AvgIpc) is 2.70. The molecule has 1 heterocycles. The van der Waals surface area contributed by atoms with E-state index in [1.807, 2.05) is 25.0 Å². The van der Waals surface area contributed by atoms with Gasteiger partial charge in [-0.15, -0.1) is 0 Å². The van der Waals surface area contributed by atoms with E-state index in [1.54, 1.807) is 0 Å². The summed E-state index contributed by atoms with van der Waals surface area (Å²) in [7, 11) is 3.93. The quantitative estimate of drug-likeness (QED) is 0.875. The molecule has 1 aromatic carbocycles. The molecule has 3 heteroatoms. The van der Waals surface area contributed by atoms with Crippen LogP contribution in [0.2, 0.25) is 0 Å². The maximum atomic E-state index is 4.25. The summed E-state index contributed by atoms with van der Waals surface area (Å²) in [6, 6.07) is 6.63. The van der Waals surface area contributed by atoms with Crippen LogP contribution in [0.5, 0.6) is 0 Å². The van der Waals surface area contributed by atoms with E-state index in [4.69, 9.17) is 0 Å². The van der Waals surface area contributed by atoms with Gasteiger partial charge in [-0.05, 0) is 37.6 Å². The number of aryl methyl sites for hydroxylation is 3. The lowest BCUT2D eigenvalue weighted by atomic mass is 9.93. The molecule has 0 aliphatic heterocycles. The average molecular weight is 229 g/mol. The van der Waals surface area contributed by atoms with E-state index < -0.39 is 0 Å². The van der Waals surface area contributed by atoms with Crippen LogP contribution in [0.3, 0.4) is 0 Å². The number of aromatic nitrogens is 2. The van der Waals surface area contributed by atoms with E-state index in [9.17, 15) is 0 Å². The first kappa shape index (κ1) is 11.9. The van der Waals surface area contributed by atoms with E-state index in [-0.39, 0.29) is 6.04 Å². The molecule has 0 bridgehead atoms. The highest BCUT2D eigenvalue weighted by molar-refractivity contribution is 5.40. The molecule has 2 aromatic rings. The first-order valence-electron chi connectivity index (χ1n) is 5.85. The van der Waals surface area contributed by atoms with Crippen LogP contribution in [0.15, 0.2) is 30.6 Å². The zero-order valence-corrected chi connectivity index (χ0v) is 10.9. The number of benzene rings is 1. The standard InChI is InChI=1S/C14H19N3/c1-10-6-5-7-11(2)13(10)14(15-3)12-8-16-17(4)9-12/h5-9,14-15H,1-4H3. The van der Waals surface area contributed by atoms with Crippen LogP contribution in [-0.2, 0) is 7.05 Å². The SMILES string of the molecule is CNC(c1cnn(C)c1)c1c(C)cccc1C. The van der Waals surface area contributed by atoms with E-state index in [1.165, 1.54) is 22.3 Å². The first-order valence-corrected chi connectivity index (χ1v) is 5.85. The molecule has 0 radical (unpaired) electrons. The van der Waals surface area contributed by atoms with Crippen molar-refractivity contribution in [2.24, 2.45) is 7.05 Å². The summed E-state index contributed by atoms with van der Waals surface area (Å²) < 4.78 is 1.84. The minimum atomic E-state index is 0.213. The van der Waals surface area contributed by atoms with Gasteiger partial charge in [0, 0.05) is 18.8 Å². The normalized spacial score (nSPS) is 12.7. The van der Waals surface area contributed by atoms with Crippen molar-refractivity contribution in [3.8, 4) is 0 Å². The van der Waals surface area contributed by atoms with Crippen LogP contribution in [0.25, 0.3) is 0 Å². The molecule has 0 saturated heterocycles. The number of nitrogens with one attached hydrogen (secondary N) is 1. The van der Waals surface area contributed by atoms with Gasteiger partial charge < -0.3 is 5.32 Å². The Morgan fingerprint density at radius 3 is 2.35 bits per heavy atom. The molecule has 1 aromatic heterocycles. The smallest absolute Gasteiger partial charge is 0.0610 e. The van der Waals surface area contributed by atoms with Crippen molar-refractivity contribution < 1.29 is 0 Å². The fourth-order valence-corrected chi connectivity index (χ4v) is 2.35. The van der Waals surface area contributed by atoms with Crippen LogP contribution < -0.4 is 5.32 Å². The maximum absolute atomic E-state index is 4.25. The molecule has 0 aliphatic rings. The van der Waals surface area contributed by atoms with Crippen molar-refractivity contribution in [1.29, 1.82) is 0 Å². The van der Waals surface area contributed by atoms with Gasteiger partial charge in [0.05, 0.1) is 12.2 Å². The minimum absolute atomic E-state index is 0.213. The van der Waals surface area contributed by atoms with Gasteiger partial charge in [0.15, 0.2) is 0 Å². The van der Waals surface area contributed by atoms with Gasteiger partial charge in [-0.3, -0.25) is 4.68 Å². The van der Waals surface area contributed by atoms with Crippen LogP contribution in [0.1, 0.15) is 28.3 Å². The summed E-state index contributed by atoms with van der Waals surface area (Å²) in [6.07, 6.45) is 3.99. The Morgan fingerprint density at radius 2 is 1.88 bits per heavy atom. The predicted octanol–water partition coefficient (Wildman–Crippen LogP) is 2.35. The lowest BCUT2D eigenvalue weighted by Gasteiger charge is -2.20. The molecule has 3 nitrogen and oxygen atoms in total. The second-order valence-electron chi connectivity index (χ2n) is 4.47. The van der Waals surface area contributed by atoms with Crippen molar-refractivity contribution in [2.75, 3.05) is 7.05 Å². The Balaban J connectivity index is 2.49. The minimum Gasteiger partial charge on any atom is -0.309 e. The van der Waals surface area contributed by atoms with Crippen LogP contribution >= 0.6 is 0 Å². The topological polar surface area (TPSA) is 29.9 Å². The molecular weight excluding hydrogens is 210 g/mol. The fraction of sp³-hybridized carbons (Fsp3) is 0.357. The van der Waals surface area contributed by atoms with Crippen LogP contribution in [0.4, 0.5) is 0 Å². The molecule has 1 atom stereocenters. The highest BCUT2D eigenvalue weighted by Crippen LogP contribution is 2.27. The van der Waals surface area contributed by atoms with Crippen molar-refractivity contribution in [3.63, 3.8) is 0 Å². The van der Waals surface area contributed by atoms with Crippen molar-refractivity contribution in [1.82, 2.24) is 15.1 Å². The Hall–Kier alpha value is -1.61. The van der Waals surface area contributed by atoms with Gasteiger partial charge >= 0.3 is 0 Å². The lowest BCUT2D eigenvalue weighted by molar-refractivity contribution is 0.681. The highest BCUT2D eigenvalue weighted by atomic mass is 15.2. The maximum Gasteiger partial charge on any atom is 0.0610 e. The summed E-state index contributed by atoms with van der Waals surface area (Å²) >= 11 is 0. The van der Waals surface area contributed by atoms with Crippen molar-refractivity contribution >= 4 is 0 Å². The molecule has 90 valence electrons. The molecular formula is C14H19N3. The van der Waals surface area contributed by atoms with E-state index >= 15 is 0 Å². The molecule has 0 aliphatic carbocycles. The molecule has 0 fully saturated rings. The molecule has 0 saturated carbocycles. The van der Waals surface area contributed by atoms with Crippen molar-refractivity contribution in [2.45, 2.75) is 19.9 Å². The molecule has 0 amide bonds. The summed E-state index contributed by atoms with van der Waals surface area (Å²) in [6.45, 7) is 4.31. The molecule has 17 heavy (non-hydrogen) atoms. The Morgan fingerprint density at radius 1 is 1.24 bits per heavy atom. The number of hydrogen-bond donors (Lipinski definition) is 1. The Labute approximate surface area is 102 Å². The van der Waals surface area contributed by atoms with Crippen LogP contribution in [-0.4, -0.2) is 16.8 Å². The van der Waals surface area contributed by atoms with Gasteiger partial charge in [-0.1, -0.05) is 18.2 Å². The lowest BCUT2D eigenvalue weighted by Crippen LogP contribution is -2.19. The number of hydrogen-bond acceptors (Lipinski definition) is 2. The number of nitrogens with zero attached hydrogens (tertiary/aromatic N) is 2. The van der Waals surface area contributed by atoms with Gasteiger partial charge in [0.1, 0.15) is 0 Å². The Kier molecular flexibility index (Phi) is 3.29. The summed E-state index contributed by atoms with van der Waals surface area (Å²) in [4.78, 5) is 0. The third-order valence-electron chi connectivity index (χ3n) is 3.18. The second kappa shape index (κ2) is 4.72. The van der Waals surface area contributed by atoms with E-state index in [2.05, 4.69) is 48.7 Å². The third-order valence-corrected chi connectivity index (χ3v) is 3.18. The molecule has 1 unspecified atom stereocenters. The summed E-state index contributed by atoms with van der Waals surface area (Å²) in [5.74, 6) is 0. The van der Waals surface area contributed by atoms with Gasteiger partial charge in [0.25, 0.3) is 0 Å². The largest absolute Gasteiger partial charge is 0.309 e. The molecule has 0 spiro atoms. The van der Waals surface area contributed by atoms with Gasteiger partial charge in [0.2, 0.25) is 0 Å². The van der Waals surface area contributed by atoms with Crippen LogP contribution in [0, 0.1) is 13.8 Å². The first-order chi connectivity index (χ1) is 8.13.